The van der Waals surface area contributed by atoms with E-state index < -0.39 is 35.8 Å². The van der Waals surface area contributed by atoms with E-state index in [1.807, 2.05) is 30.3 Å². The molecule has 2 aromatic rings. The third kappa shape index (κ3) is 4.51. The van der Waals surface area contributed by atoms with E-state index in [0.717, 1.165) is 10.5 Å². The van der Waals surface area contributed by atoms with Crippen LogP contribution in [0.15, 0.2) is 40.8 Å². The molecule has 9 heteroatoms. The zero-order valence-corrected chi connectivity index (χ0v) is 17.1. The molecule has 0 radical (unpaired) electrons. The Morgan fingerprint density at radius 1 is 1.13 bits per heavy atom. The van der Waals surface area contributed by atoms with E-state index >= 15 is 0 Å². The summed E-state index contributed by atoms with van der Waals surface area (Å²) in [7, 11) is 0. The van der Waals surface area contributed by atoms with E-state index in [0.29, 0.717) is 24.4 Å². The third-order valence-corrected chi connectivity index (χ3v) is 5.00. The number of hydrogen-bond acceptors (Lipinski definition) is 5. The molecule has 0 spiro atoms. The van der Waals surface area contributed by atoms with E-state index in [-0.39, 0.29) is 5.56 Å². The number of nitrogens with one attached hydrogen (secondary N) is 3. The Labute approximate surface area is 173 Å². The van der Waals surface area contributed by atoms with Gasteiger partial charge in [-0.1, -0.05) is 30.3 Å². The summed E-state index contributed by atoms with van der Waals surface area (Å²) < 4.78 is 5.28. The number of nitrogens with zero attached hydrogens (tertiary/aromatic N) is 1. The Kier molecular flexibility index (Phi) is 5.91. The monoisotopic (exact) mass is 412 g/mol. The van der Waals surface area contributed by atoms with Crippen molar-refractivity contribution in [2.24, 2.45) is 0 Å². The first-order chi connectivity index (χ1) is 14.2. The van der Waals surface area contributed by atoms with Crippen molar-refractivity contribution in [1.82, 2.24) is 21.1 Å². The van der Waals surface area contributed by atoms with Gasteiger partial charge >= 0.3 is 6.03 Å². The van der Waals surface area contributed by atoms with Gasteiger partial charge in [0.2, 0.25) is 0 Å². The summed E-state index contributed by atoms with van der Waals surface area (Å²) in [6.45, 7) is 4.47. The molecule has 30 heavy (non-hydrogen) atoms. The minimum absolute atomic E-state index is 0.288. The summed E-state index contributed by atoms with van der Waals surface area (Å²) in [5.74, 6) is -0.744. The molecule has 1 atom stereocenters. The molecule has 3 N–H and O–H groups in total. The highest BCUT2D eigenvalue weighted by Gasteiger charge is 2.47. The third-order valence-electron chi connectivity index (χ3n) is 5.00. The van der Waals surface area contributed by atoms with Crippen LogP contribution in [0.4, 0.5) is 4.79 Å². The largest absolute Gasteiger partial charge is 0.466 e. The van der Waals surface area contributed by atoms with Crippen LogP contribution in [0.5, 0.6) is 0 Å². The molecule has 1 aromatic heterocycles. The van der Waals surface area contributed by atoms with Gasteiger partial charge in [0.15, 0.2) is 0 Å². The van der Waals surface area contributed by atoms with Crippen LogP contribution in [0.25, 0.3) is 0 Å². The van der Waals surface area contributed by atoms with E-state index in [9.17, 15) is 19.2 Å². The molecule has 1 aromatic carbocycles. The average Bonchev–Trinajstić information content (AvgIpc) is 3.16. The lowest BCUT2D eigenvalue weighted by Crippen LogP contribution is -2.49. The predicted molar refractivity (Wildman–Crippen MR) is 107 cm³/mol. The molecule has 9 nitrogen and oxygen atoms in total. The number of hydrogen-bond donors (Lipinski definition) is 3. The van der Waals surface area contributed by atoms with Crippen molar-refractivity contribution in [2.75, 3.05) is 6.54 Å². The number of carbonyl (C=O) groups is 4. The van der Waals surface area contributed by atoms with Crippen molar-refractivity contribution in [3.05, 3.63) is 59.0 Å². The second-order valence-corrected chi connectivity index (χ2v) is 7.47. The average molecular weight is 412 g/mol. The van der Waals surface area contributed by atoms with Gasteiger partial charge in [-0.25, -0.2) is 4.79 Å². The van der Waals surface area contributed by atoms with Gasteiger partial charge in [0.05, 0.1) is 5.56 Å². The number of benzene rings is 1. The topological polar surface area (TPSA) is 121 Å². The highest BCUT2D eigenvalue weighted by Crippen LogP contribution is 2.23. The first kappa shape index (κ1) is 21.1. The molecule has 158 valence electrons. The lowest BCUT2D eigenvalue weighted by molar-refractivity contribution is -0.134. The smallest absolute Gasteiger partial charge is 0.325 e. The standard InChI is InChI=1S/C21H24N4O5/c1-13-11-16(14(2)30-13)18(27)24-23-17(26)12-25-19(28)21(3,22-20(25)29)10-9-15-7-5-4-6-8-15/h4-8,11H,9-10,12H2,1-3H3,(H,22,29)(H,23,26)(H,24,27)/t21-/m1/s1. The molecule has 0 unspecified atom stereocenters. The van der Waals surface area contributed by atoms with Crippen molar-refractivity contribution in [3.63, 3.8) is 0 Å². The maximum Gasteiger partial charge on any atom is 0.325 e. The summed E-state index contributed by atoms with van der Waals surface area (Å²) in [4.78, 5) is 50.2. The van der Waals surface area contributed by atoms with Gasteiger partial charge in [-0.15, -0.1) is 0 Å². The quantitative estimate of drug-likeness (QED) is 0.492. The van der Waals surface area contributed by atoms with Crippen LogP contribution < -0.4 is 16.2 Å². The maximum atomic E-state index is 12.8. The number of amides is 5. The minimum atomic E-state index is -1.10. The van der Waals surface area contributed by atoms with Crippen molar-refractivity contribution < 1.29 is 23.6 Å². The van der Waals surface area contributed by atoms with E-state index in [1.54, 1.807) is 26.8 Å². The van der Waals surface area contributed by atoms with Crippen LogP contribution in [0.1, 0.15) is 40.8 Å². The maximum absolute atomic E-state index is 12.8. The highest BCUT2D eigenvalue weighted by atomic mass is 16.3. The van der Waals surface area contributed by atoms with E-state index in [4.69, 9.17) is 4.42 Å². The SMILES string of the molecule is Cc1cc(C(=O)NNC(=O)CN2C(=O)N[C@](C)(CCc3ccccc3)C2=O)c(C)o1. The molecule has 1 fully saturated rings. The van der Waals surface area contributed by atoms with Gasteiger partial charge in [0, 0.05) is 0 Å². The minimum Gasteiger partial charge on any atom is -0.466 e. The van der Waals surface area contributed by atoms with Crippen molar-refractivity contribution in [3.8, 4) is 0 Å². The van der Waals surface area contributed by atoms with Crippen LogP contribution in [0.3, 0.4) is 0 Å². The Hall–Kier alpha value is -3.62. The molecular formula is C21H24N4O5. The zero-order chi connectivity index (χ0) is 21.9. The molecule has 0 aliphatic carbocycles. The molecule has 1 aliphatic heterocycles. The van der Waals surface area contributed by atoms with Crippen molar-refractivity contribution >= 4 is 23.8 Å². The first-order valence-electron chi connectivity index (χ1n) is 9.54. The molecule has 1 aliphatic rings. The summed E-state index contributed by atoms with van der Waals surface area (Å²) in [5, 5.41) is 2.66. The normalized spacial score (nSPS) is 18.3. The Bertz CT molecular complexity index is 985. The lowest BCUT2D eigenvalue weighted by Gasteiger charge is -2.21. The van der Waals surface area contributed by atoms with Crippen molar-refractivity contribution in [1.29, 1.82) is 0 Å². The fourth-order valence-electron chi connectivity index (χ4n) is 3.33. The number of imide groups is 1. The van der Waals surface area contributed by atoms with Gasteiger partial charge < -0.3 is 9.73 Å². The predicted octanol–water partition coefficient (Wildman–Crippen LogP) is 1.60. The van der Waals surface area contributed by atoms with Gasteiger partial charge in [-0.3, -0.25) is 30.1 Å². The molecule has 3 rings (SSSR count). The van der Waals surface area contributed by atoms with Crippen LogP contribution in [0.2, 0.25) is 0 Å². The van der Waals surface area contributed by atoms with E-state index in [1.165, 1.54) is 0 Å². The van der Waals surface area contributed by atoms with Gasteiger partial charge in [-0.2, -0.15) is 0 Å². The zero-order valence-electron chi connectivity index (χ0n) is 17.1. The number of rotatable bonds is 6. The molecule has 5 amide bonds. The molecule has 2 heterocycles. The van der Waals surface area contributed by atoms with E-state index in [2.05, 4.69) is 16.2 Å². The molecule has 0 bridgehead atoms. The molecule has 1 saturated heterocycles. The number of urea groups is 1. The van der Waals surface area contributed by atoms with Gasteiger partial charge in [0.25, 0.3) is 17.7 Å². The second-order valence-electron chi connectivity index (χ2n) is 7.47. The second kappa shape index (κ2) is 8.40. The Balaban J connectivity index is 1.54. The summed E-state index contributed by atoms with van der Waals surface area (Å²) in [6, 6.07) is 10.5. The number of carbonyl (C=O) groups excluding carboxylic acids is 4. The molecular weight excluding hydrogens is 388 g/mol. The summed E-state index contributed by atoms with van der Waals surface area (Å²) in [6.07, 6.45) is 0.998. The summed E-state index contributed by atoms with van der Waals surface area (Å²) >= 11 is 0. The number of hydrazine groups is 1. The number of aryl methyl sites for hydroxylation is 3. The fourth-order valence-corrected chi connectivity index (χ4v) is 3.33. The molecule has 0 saturated carbocycles. The van der Waals surface area contributed by atoms with Gasteiger partial charge in [0.1, 0.15) is 23.6 Å². The van der Waals surface area contributed by atoms with Crippen molar-refractivity contribution in [2.45, 2.75) is 39.2 Å². The fraction of sp³-hybridized carbons (Fsp3) is 0.333. The van der Waals surface area contributed by atoms with Gasteiger partial charge in [-0.05, 0) is 45.2 Å². The van der Waals surface area contributed by atoms with Crippen LogP contribution in [-0.2, 0) is 16.0 Å². The lowest BCUT2D eigenvalue weighted by atomic mass is 9.93. The Morgan fingerprint density at radius 2 is 1.83 bits per heavy atom. The van der Waals surface area contributed by atoms with Crippen LogP contribution >= 0.6 is 0 Å². The first-order valence-corrected chi connectivity index (χ1v) is 9.54. The Morgan fingerprint density at radius 3 is 2.47 bits per heavy atom. The van der Waals surface area contributed by atoms with Crippen LogP contribution in [-0.4, -0.2) is 40.7 Å². The van der Waals surface area contributed by atoms with Crippen LogP contribution in [0, 0.1) is 13.8 Å². The number of furan rings is 1. The summed E-state index contributed by atoms with van der Waals surface area (Å²) in [5.41, 5.74) is 4.71. The highest BCUT2D eigenvalue weighted by molar-refractivity contribution is 6.09.